The quantitative estimate of drug-likeness (QED) is 0.739. The van der Waals surface area contributed by atoms with Gasteiger partial charge in [-0.1, -0.05) is 42.5 Å². The van der Waals surface area contributed by atoms with Gasteiger partial charge in [-0.3, -0.25) is 4.79 Å². The van der Waals surface area contributed by atoms with Crippen molar-refractivity contribution >= 4 is 16.8 Å². The molecule has 0 bridgehead atoms. The monoisotopic (exact) mass is 290 g/mol. The molecule has 0 fully saturated rings. The maximum Gasteiger partial charge on any atom is 0.268 e. The topological polar surface area (TPSA) is 44.9 Å². The van der Waals surface area contributed by atoms with Gasteiger partial charge in [-0.25, -0.2) is 0 Å². The predicted molar refractivity (Wildman–Crippen MR) is 88.0 cm³/mol. The van der Waals surface area contributed by atoms with Crippen LogP contribution >= 0.6 is 0 Å². The van der Waals surface area contributed by atoms with E-state index < -0.39 is 0 Å². The molecule has 0 spiro atoms. The van der Waals surface area contributed by atoms with Crippen molar-refractivity contribution < 1.29 is 4.79 Å². The van der Waals surface area contributed by atoms with Gasteiger partial charge in [0.15, 0.2) is 0 Å². The summed E-state index contributed by atoms with van der Waals surface area (Å²) in [5.41, 5.74) is 5.43. The Morgan fingerprint density at radius 2 is 2.05 bits per heavy atom. The van der Waals surface area contributed by atoms with Gasteiger partial charge >= 0.3 is 0 Å². The molecule has 4 rings (SSSR count). The van der Waals surface area contributed by atoms with Crippen LogP contribution in [0.15, 0.2) is 48.5 Å². The van der Waals surface area contributed by atoms with Gasteiger partial charge in [0.05, 0.1) is 6.04 Å². The van der Waals surface area contributed by atoms with Crippen LogP contribution in [0.2, 0.25) is 0 Å². The zero-order valence-corrected chi connectivity index (χ0v) is 12.5. The molecule has 0 saturated heterocycles. The maximum atomic E-state index is 12.5. The van der Waals surface area contributed by atoms with Crippen molar-refractivity contribution in [2.75, 3.05) is 0 Å². The van der Waals surface area contributed by atoms with Crippen molar-refractivity contribution in [3.63, 3.8) is 0 Å². The summed E-state index contributed by atoms with van der Waals surface area (Å²) in [6, 6.07) is 16.5. The fourth-order valence-corrected chi connectivity index (χ4v) is 3.37. The second-order valence-corrected chi connectivity index (χ2v) is 5.99. The summed E-state index contributed by atoms with van der Waals surface area (Å²) in [7, 11) is 0. The molecule has 1 unspecified atom stereocenters. The fraction of sp³-hybridized carbons (Fsp3) is 0.211. The molecule has 3 nitrogen and oxygen atoms in total. The highest BCUT2D eigenvalue weighted by Crippen LogP contribution is 2.31. The molecule has 0 radical (unpaired) electrons. The zero-order chi connectivity index (χ0) is 15.1. The molecule has 0 aliphatic heterocycles. The Morgan fingerprint density at radius 3 is 2.91 bits per heavy atom. The van der Waals surface area contributed by atoms with Crippen LogP contribution in [0.4, 0.5) is 0 Å². The van der Waals surface area contributed by atoms with E-state index in [4.69, 9.17) is 0 Å². The Morgan fingerprint density at radius 1 is 1.18 bits per heavy atom. The normalized spacial score (nSPS) is 16.7. The second kappa shape index (κ2) is 5.02. The summed E-state index contributed by atoms with van der Waals surface area (Å²) >= 11 is 0. The van der Waals surface area contributed by atoms with Gasteiger partial charge in [-0.2, -0.15) is 0 Å². The molecule has 110 valence electrons. The molecule has 1 aliphatic rings. The molecule has 2 aromatic carbocycles. The second-order valence-electron chi connectivity index (χ2n) is 5.99. The first kappa shape index (κ1) is 13.1. The number of fused-ring (bicyclic) bond motifs is 2. The van der Waals surface area contributed by atoms with Crippen molar-refractivity contribution in [3.8, 4) is 0 Å². The maximum absolute atomic E-state index is 12.5. The largest absolute Gasteiger partial charge is 0.350 e. The van der Waals surface area contributed by atoms with E-state index in [1.807, 2.05) is 37.3 Å². The third kappa shape index (κ3) is 2.10. The average molecular weight is 290 g/mol. The van der Waals surface area contributed by atoms with Crippen LogP contribution in [0.25, 0.3) is 10.9 Å². The van der Waals surface area contributed by atoms with Crippen LogP contribution in [0.1, 0.15) is 39.6 Å². The highest BCUT2D eigenvalue weighted by atomic mass is 16.1. The SMILES string of the molecule is Cc1cccc2cc(C(=O)NC3CCc4ccccc43)[nH]c12. The highest BCUT2D eigenvalue weighted by molar-refractivity contribution is 5.98. The van der Waals surface area contributed by atoms with Crippen LogP contribution in [-0.4, -0.2) is 10.9 Å². The number of rotatable bonds is 2. The number of aromatic nitrogens is 1. The molecule has 3 aromatic rings. The third-order valence-electron chi connectivity index (χ3n) is 4.55. The van der Waals surface area contributed by atoms with E-state index in [2.05, 4.69) is 28.5 Å². The Balaban J connectivity index is 1.61. The fourth-order valence-electron chi connectivity index (χ4n) is 3.37. The molecule has 2 N–H and O–H groups in total. The van der Waals surface area contributed by atoms with E-state index >= 15 is 0 Å². The Labute approximate surface area is 129 Å². The number of nitrogens with one attached hydrogen (secondary N) is 2. The summed E-state index contributed by atoms with van der Waals surface area (Å²) in [5.74, 6) is -0.0303. The van der Waals surface area contributed by atoms with Gasteiger partial charge < -0.3 is 10.3 Å². The van der Waals surface area contributed by atoms with Gasteiger partial charge in [0.1, 0.15) is 5.69 Å². The summed E-state index contributed by atoms with van der Waals surface area (Å²) in [6.45, 7) is 2.05. The third-order valence-corrected chi connectivity index (χ3v) is 4.55. The standard InChI is InChI=1S/C19H18N2O/c1-12-5-4-7-14-11-17(20-18(12)14)19(22)21-16-10-9-13-6-2-3-8-15(13)16/h2-8,11,16,20H,9-10H2,1H3,(H,21,22). The van der Waals surface area contributed by atoms with E-state index in [0.717, 1.165) is 29.3 Å². The average Bonchev–Trinajstić information content (AvgIpc) is 3.13. The Hall–Kier alpha value is -2.55. The van der Waals surface area contributed by atoms with Crippen LogP contribution in [0.3, 0.4) is 0 Å². The number of para-hydroxylation sites is 1. The molecule has 1 aromatic heterocycles. The smallest absolute Gasteiger partial charge is 0.268 e. The molecule has 3 heteroatoms. The van der Waals surface area contributed by atoms with E-state index in [-0.39, 0.29) is 11.9 Å². The van der Waals surface area contributed by atoms with Crippen LogP contribution < -0.4 is 5.32 Å². The number of carbonyl (C=O) groups is 1. The summed E-state index contributed by atoms with van der Waals surface area (Å²) < 4.78 is 0. The predicted octanol–water partition coefficient (Wildman–Crippen LogP) is 3.89. The van der Waals surface area contributed by atoms with E-state index in [0.29, 0.717) is 5.69 Å². The minimum Gasteiger partial charge on any atom is -0.350 e. The molecule has 1 heterocycles. The van der Waals surface area contributed by atoms with Crippen LogP contribution in [-0.2, 0) is 6.42 Å². The van der Waals surface area contributed by atoms with Crippen LogP contribution in [0.5, 0.6) is 0 Å². The number of benzene rings is 2. The van der Waals surface area contributed by atoms with Crippen molar-refractivity contribution in [3.05, 3.63) is 70.9 Å². The first-order valence-electron chi connectivity index (χ1n) is 7.69. The van der Waals surface area contributed by atoms with Crippen molar-refractivity contribution in [1.82, 2.24) is 10.3 Å². The lowest BCUT2D eigenvalue weighted by atomic mass is 10.1. The van der Waals surface area contributed by atoms with Gasteiger partial charge in [0.2, 0.25) is 0 Å². The van der Waals surface area contributed by atoms with Gasteiger partial charge in [-0.05, 0) is 42.5 Å². The summed E-state index contributed by atoms with van der Waals surface area (Å²) in [6.07, 6.45) is 2.01. The highest BCUT2D eigenvalue weighted by Gasteiger charge is 2.24. The first-order chi connectivity index (χ1) is 10.7. The van der Waals surface area contributed by atoms with E-state index in [1.165, 1.54) is 11.1 Å². The van der Waals surface area contributed by atoms with E-state index in [1.54, 1.807) is 0 Å². The zero-order valence-electron chi connectivity index (χ0n) is 12.5. The molecule has 0 saturated carbocycles. The van der Waals surface area contributed by atoms with Crippen LogP contribution in [0, 0.1) is 6.92 Å². The van der Waals surface area contributed by atoms with E-state index in [9.17, 15) is 4.79 Å². The molecule has 22 heavy (non-hydrogen) atoms. The number of aryl methyl sites for hydroxylation is 2. The molecular formula is C19H18N2O. The Kier molecular flexibility index (Phi) is 3.00. The number of H-pyrrole nitrogens is 1. The molecular weight excluding hydrogens is 272 g/mol. The number of carbonyl (C=O) groups excluding carboxylic acids is 1. The molecule has 1 amide bonds. The number of hydrogen-bond donors (Lipinski definition) is 2. The number of hydrogen-bond acceptors (Lipinski definition) is 1. The lowest BCUT2D eigenvalue weighted by molar-refractivity contribution is 0.0932. The molecule has 1 aliphatic carbocycles. The van der Waals surface area contributed by atoms with Gasteiger partial charge in [-0.15, -0.1) is 0 Å². The lowest BCUT2D eigenvalue weighted by Crippen LogP contribution is -2.27. The number of amides is 1. The Bertz CT molecular complexity index is 863. The van der Waals surface area contributed by atoms with Gasteiger partial charge in [0, 0.05) is 10.9 Å². The molecule has 1 atom stereocenters. The summed E-state index contributed by atoms with van der Waals surface area (Å²) in [4.78, 5) is 15.8. The minimum absolute atomic E-state index is 0.0303. The summed E-state index contributed by atoms with van der Waals surface area (Å²) in [5, 5.41) is 4.24. The van der Waals surface area contributed by atoms with Crippen molar-refractivity contribution in [1.29, 1.82) is 0 Å². The lowest BCUT2D eigenvalue weighted by Gasteiger charge is -2.13. The van der Waals surface area contributed by atoms with Crippen molar-refractivity contribution in [2.45, 2.75) is 25.8 Å². The van der Waals surface area contributed by atoms with Crippen molar-refractivity contribution in [2.24, 2.45) is 0 Å². The number of aromatic amines is 1. The first-order valence-corrected chi connectivity index (χ1v) is 7.69. The minimum atomic E-state index is -0.0303. The van der Waals surface area contributed by atoms with Gasteiger partial charge in [0.25, 0.3) is 5.91 Å².